The van der Waals surface area contributed by atoms with E-state index in [4.69, 9.17) is 45.0 Å². The molecule has 1 aliphatic rings. The minimum atomic E-state index is -0.833. The van der Waals surface area contributed by atoms with Crippen molar-refractivity contribution in [1.29, 1.82) is 5.26 Å². The lowest BCUT2D eigenvalue weighted by molar-refractivity contribution is -0.135. The molecule has 0 spiro atoms. The van der Waals surface area contributed by atoms with Crippen LogP contribution < -0.4 is 5.73 Å². The van der Waals surface area contributed by atoms with Crippen LogP contribution in [0, 0.1) is 11.8 Å². The van der Waals surface area contributed by atoms with E-state index in [9.17, 15) is 4.79 Å². The summed E-state index contributed by atoms with van der Waals surface area (Å²) in [5, 5.41) is 25.6. The predicted octanol–water partition coefficient (Wildman–Crippen LogP) is 2.41. The van der Waals surface area contributed by atoms with E-state index in [0.717, 1.165) is 37.9 Å². The van der Waals surface area contributed by atoms with Gasteiger partial charge >= 0.3 is 6.16 Å². The van der Waals surface area contributed by atoms with Gasteiger partial charge in [0.25, 0.3) is 11.9 Å². The fourth-order valence-electron chi connectivity index (χ4n) is 2.65. The first-order chi connectivity index (χ1) is 15.5. The van der Waals surface area contributed by atoms with Crippen LogP contribution in [-0.2, 0) is 23.8 Å². The molecule has 1 saturated heterocycles. The molecule has 4 N–H and O–H groups in total. The second-order valence-electron chi connectivity index (χ2n) is 6.79. The topological polar surface area (TPSA) is 199 Å². The zero-order valence-corrected chi connectivity index (χ0v) is 18.9. The van der Waals surface area contributed by atoms with Crippen LogP contribution in [0.1, 0.15) is 52.3 Å². The van der Waals surface area contributed by atoms with E-state index in [-0.39, 0.29) is 24.9 Å². The number of carbonyl (C=O) groups is 3. The molecule has 0 aliphatic carbocycles. The highest BCUT2D eigenvalue weighted by atomic mass is 16.7. The van der Waals surface area contributed by atoms with E-state index < -0.39 is 18.1 Å². The lowest BCUT2D eigenvalue weighted by Gasteiger charge is -2.14. The number of carbonyl (C=O) groups excluding carboxylic acids is 1. The van der Waals surface area contributed by atoms with Gasteiger partial charge in [-0.15, -0.1) is 0 Å². The van der Waals surface area contributed by atoms with Crippen molar-refractivity contribution in [3.63, 3.8) is 0 Å². The molecule has 2 aromatic heterocycles. The Morgan fingerprint density at radius 1 is 1.24 bits per heavy atom. The third kappa shape index (κ3) is 11.3. The summed E-state index contributed by atoms with van der Waals surface area (Å²) in [5.74, 6) is -1.24. The van der Waals surface area contributed by atoms with Gasteiger partial charge in [0, 0.05) is 20.4 Å². The molecule has 1 aliphatic heterocycles. The third-order valence-corrected chi connectivity index (χ3v) is 3.67. The highest BCUT2D eigenvalue weighted by Gasteiger charge is 2.30. The van der Waals surface area contributed by atoms with Gasteiger partial charge in [-0.3, -0.25) is 9.59 Å². The number of anilines is 1. The van der Waals surface area contributed by atoms with E-state index in [1.807, 2.05) is 12.1 Å². The minimum Gasteiger partial charge on any atom is -0.481 e. The number of hydrogen-bond donors (Lipinski definition) is 3. The number of carboxylic acid groups (broad SMARTS) is 2. The van der Waals surface area contributed by atoms with E-state index >= 15 is 0 Å². The first kappa shape index (κ1) is 29.1. The lowest BCUT2D eigenvalue weighted by Crippen LogP contribution is -2.21. The Morgan fingerprint density at radius 3 is 2.36 bits per heavy atom. The number of fused-ring (bicyclic) bond motifs is 1. The number of nitrogens with zero attached hydrogens (tertiary/aromatic N) is 4. The first-order valence-corrected chi connectivity index (χ1v) is 9.73. The summed E-state index contributed by atoms with van der Waals surface area (Å²) < 4.78 is 17.7. The number of hydrogen-bond acceptors (Lipinski definition) is 10. The van der Waals surface area contributed by atoms with Crippen LogP contribution in [0.4, 0.5) is 10.6 Å². The quantitative estimate of drug-likeness (QED) is 0.555. The fraction of sp³-hybridized carbons (Fsp3) is 0.500. The van der Waals surface area contributed by atoms with Crippen LogP contribution in [0.25, 0.3) is 5.52 Å². The van der Waals surface area contributed by atoms with Crippen molar-refractivity contribution in [2.45, 2.75) is 58.8 Å². The monoisotopic (exact) mass is 467 g/mol. The zero-order valence-electron chi connectivity index (χ0n) is 18.9. The maximum atomic E-state index is 11.4. The minimum absolute atomic E-state index is 0.110. The van der Waals surface area contributed by atoms with Gasteiger partial charge in [-0.25, -0.2) is 19.6 Å². The summed E-state index contributed by atoms with van der Waals surface area (Å²) in [5.41, 5.74) is 7.51. The van der Waals surface area contributed by atoms with Crippen LogP contribution in [-0.4, -0.2) is 61.7 Å². The van der Waals surface area contributed by atoms with Crippen molar-refractivity contribution in [3.05, 3.63) is 24.2 Å². The lowest BCUT2D eigenvalue weighted by atomic mass is 10.1. The number of ether oxygens (including phenoxy) is 3. The Hall–Kier alpha value is -3.92. The molecule has 1 fully saturated rings. The van der Waals surface area contributed by atoms with Crippen molar-refractivity contribution < 1.29 is 38.8 Å². The summed E-state index contributed by atoms with van der Waals surface area (Å²) >= 11 is 0. The Labute approximate surface area is 190 Å². The van der Waals surface area contributed by atoms with Gasteiger partial charge in [-0.05, 0) is 38.8 Å². The van der Waals surface area contributed by atoms with Gasteiger partial charge in [-0.1, -0.05) is 0 Å². The summed E-state index contributed by atoms with van der Waals surface area (Å²) in [6, 6.07) is 3.80. The number of aliphatic carboxylic acids is 2. The number of nitrogen functional groups attached to an aromatic ring is 1. The van der Waals surface area contributed by atoms with E-state index in [2.05, 4.69) is 16.7 Å². The van der Waals surface area contributed by atoms with E-state index in [0.29, 0.717) is 5.82 Å². The smallest absolute Gasteiger partial charge is 0.481 e. The molecule has 13 nitrogen and oxygen atoms in total. The van der Waals surface area contributed by atoms with Crippen molar-refractivity contribution in [3.8, 4) is 6.57 Å². The molecule has 3 rings (SSSR count). The maximum Gasteiger partial charge on any atom is 0.508 e. The molecule has 2 unspecified atom stereocenters. The average Bonchev–Trinajstić information content (AvgIpc) is 3.34. The third-order valence-electron chi connectivity index (χ3n) is 3.67. The molecular weight excluding hydrogens is 438 g/mol. The second-order valence-corrected chi connectivity index (χ2v) is 6.79. The van der Waals surface area contributed by atoms with Gasteiger partial charge in [0.2, 0.25) is 0 Å². The predicted molar refractivity (Wildman–Crippen MR) is 115 cm³/mol. The Morgan fingerprint density at radius 2 is 1.82 bits per heavy atom. The SMILES string of the molecule is C#N.CC(=O)O.CC(=O)O.CC(C)OC(=O)OCC1CCC(c2ccc3c(N)ncnn23)O1. The standard InChI is InChI=1S/C15H20N4O4.2C2H4O2.CHN/c1-9(2)22-15(20)21-7-10-3-6-13(23-10)11-4-5-12-14(16)17-8-18-19(11)12;2*1-2(3)4;1-2/h4-5,8-10,13H,3,6-7H2,1-2H3,(H2,16,17,18);2*1H3,(H,3,4);1H. The highest BCUT2D eigenvalue weighted by molar-refractivity contribution is 5.65. The highest BCUT2D eigenvalue weighted by Crippen LogP contribution is 2.33. The number of rotatable bonds is 4. The van der Waals surface area contributed by atoms with Crippen LogP contribution in [0.15, 0.2) is 18.5 Å². The second kappa shape index (κ2) is 15.0. The molecule has 0 bridgehead atoms. The molecule has 0 amide bonds. The van der Waals surface area contributed by atoms with Gasteiger partial charge in [0.1, 0.15) is 24.6 Å². The molecule has 0 aromatic carbocycles. The van der Waals surface area contributed by atoms with Gasteiger partial charge in [0.05, 0.1) is 17.9 Å². The molecule has 0 radical (unpaired) electrons. The largest absolute Gasteiger partial charge is 0.508 e. The van der Waals surface area contributed by atoms with Crippen LogP contribution >= 0.6 is 0 Å². The Balaban J connectivity index is 0.000000877. The fourth-order valence-corrected chi connectivity index (χ4v) is 2.65. The Bertz CT molecular complexity index is 908. The van der Waals surface area contributed by atoms with Crippen LogP contribution in [0.2, 0.25) is 0 Å². The summed E-state index contributed by atoms with van der Waals surface area (Å²) in [7, 11) is 0. The summed E-state index contributed by atoms with van der Waals surface area (Å²) in [4.78, 5) is 33.4. The molecule has 3 heterocycles. The summed E-state index contributed by atoms with van der Waals surface area (Å²) in [6.45, 7) is 9.39. The van der Waals surface area contributed by atoms with E-state index in [1.165, 1.54) is 6.33 Å². The van der Waals surface area contributed by atoms with Crippen LogP contribution in [0.3, 0.4) is 0 Å². The van der Waals surface area contributed by atoms with Crippen LogP contribution in [0.5, 0.6) is 0 Å². The van der Waals surface area contributed by atoms with Crippen molar-refractivity contribution in [2.24, 2.45) is 0 Å². The zero-order chi connectivity index (χ0) is 25.6. The van der Waals surface area contributed by atoms with E-state index in [1.54, 1.807) is 18.4 Å². The van der Waals surface area contributed by atoms with Gasteiger partial charge in [-0.2, -0.15) is 5.10 Å². The van der Waals surface area contributed by atoms with Gasteiger partial charge < -0.3 is 30.2 Å². The first-order valence-electron chi connectivity index (χ1n) is 9.73. The number of carboxylic acids is 2. The molecule has 0 saturated carbocycles. The normalized spacial score (nSPS) is 16.2. The molecule has 2 aromatic rings. The molecular formula is C20H29N5O8. The molecule has 13 heteroatoms. The van der Waals surface area contributed by atoms with Crippen molar-refractivity contribution >= 4 is 29.4 Å². The number of nitrogens with two attached hydrogens (primary N) is 1. The van der Waals surface area contributed by atoms with Crippen molar-refractivity contribution in [2.75, 3.05) is 12.3 Å². The summed E-state index contributed by atoms with van der Waals surface area (Å²) in [6.07, 6.45) is 1.92. The molecule has 182 valence electrons. The number of nitriles is 1. The Kier molecular flexibility index (Phi) is 13.2. The van der Waals surface area contributed by atoms with Gasteiger partial charge in [0.15, 0.2) is 5.82 Å². The number of aromatic nitrogens is 3. The molecule has 2 atom stereocenters. The average molecular weight is 467 g/mol. The maximum absolute atomic E-state index is 11.4. The van der Waals surface area contributed by atoms with Crippen molar-refractivity contribution in [1.82, 2.24) is 14.6 Å². The molecule has 33 heavy (non-hydrogen) atoms.